The second-order valence-electron chi connectivity index (χ2n) is 8.02. The van der Waals surface area contributed by atoms with Gasteiger partial charge in [0.15, 0.2) is 0 Å². The number of nitrogens with zero attached hydrogens (tertiary/aromatic N) is 1. The molecule has 1 fully saturated rings. The van der Waals surface area contributed by atoms with Gasteiger partial charge in [0.1, 0.15) is 0 Å². The highest BCUT2D eigenvalue weighted by Gasteiger charge is 2.31. The van der Waals surface area contributed by atoms with Gasteiger partial charge in [-0.2, -0.15) is 4.31 Å². The molecule has 0 radical (unpaired) electrons. The molecule has 6 nitrogen and oxygen atoms in total. The zero-order chi connectivity index (χ0) is 22.3. The lowest BCUT2D eigenvalue weighted by molar-refractivity contribution is 0.0635. The first-order valence-electron chi connectivity index (χ1n) is 11.0. The second-order valence-corrected chi connectivity index (χ2v) is 9.91. The van der Waals surface area contributed by atoms with E-state index in [1.807, 2.05) is 44.2 Å². The minimum atomic E-state index is -3.60. The van der Waals surface area contributed by atoms with Gasteiger partial charge in [-0.25, -0.2) is 8.42 Å². The molecule has 0 aliphatic carbocycles. The first-order chi connectivity index (χ1) is 14.9. The van der Waals surface area contributed by atoms with Crippen LogP contribution in [0.2, 0.25) is 0 Å². The van der Waals surface area contributed by atoms with E-state index in [2.05, 4.69) is 5.32 Å². The predicted molar refractivity (Wildman–Crippen MR) is 121 cm³/mol. The summed E-state index contributed by atoms with van der Waals surface area (Å²) in [5, 5.41) is 2.85. The summed E-state index contributed by atoms with van der Waals surface area (Å²) >= 11 is 0. The number of rotatable bonds is 9. The molecule has 0 aromatic heterocycles. The van der Waals surface area contributed by atoms with Crippen LogP contribution in [0.1, 0.15) is 61.6 Å². The van der Waals surface area contributed by atoms with Gasteiger partial charge in [0.05, 0.1) is 11.0 Å². The van der Waals surface area contributed by atoms with Crippen molar-refractivity contribution >= 4 is 15.9 Å². The molecule has 0 saturated carbocycles. The molecule has 1 N–H and O–H groups in total. The minimum absolute atomic E-state index is 0.00373. The van der Waals surface area contributed by atoms with Gasteiger partial charge in [-0.1, -0.05) is 42.8 Å². The number of benzene rings is 2. The molecule has 2 aromatic rings. The predicted octanol–water partition coefficient (Wildman–Crippen LogP) is 4.15. The molecule has 1 amide bonds. The monoisotopic (exact) mass is 444 g/mol. The fraction of sp³-hybridized carbons (Fsp3) is 0.458. The topological polar surface area (TPSA) is 75.7 Å². The lowest BCUT2D eigenvalue weighted by Gasteiger charge is -2.32. The van der Waals surface area contributed by atoms with Crippen molar-refractivity contribution < 1.29 is 17.9 Å². The maximum Gasteiger partial charge on any atom is 0.251 e. The van der Waals surface area contributed by atoms with E-state index in [9.17, 15) is 13.2 Å². The minimum Gasteiger partial charge on any atom is -0.374 e. The second kappa shape index (κ2) is 10.9. The SMILES string of the molecule is CC(OCCCNC(=O)c1cccc(S(=O)(=O)N2CCCCC2C)c1)c1ccccc1. The van der Waals surface area contributed by atoms with Crippen LogP contribution in [0.15, 0.2) is 59.5 Å². The summed E-state index contributed by atoms with van der Waals surface area (Å²) in [6.45, 7) is 5.45. The van der Waals surface area contributed by atoms with Crippen molar-refractivity contribution in [3.63, 3.8) is 0 Å². The van der Waals surface area contributed by atoms with Crippen LogP contribution in [0.5, 0.6) is 0 Å². The average molecular weight is 445 g/mol. The van der Waals surface area contributed by atoms with Crippen molar-refractivity contribution in [3.8, 4) is 0 Å². The van der Waals surface area contributed by atoms with E-state index in [0.29, 0.717) is 31.7 Å². The maximum atomic E-state index is 13.0. The average Bonchev–Trinajstić information content (AvgIpc) is 2.79. The summed E-state index contributed by atoms with van der Waals surface area (Å²) in [6.07, 6.45) is 3.45. The van der Waals surface area contributed by atoms with E-state index in [4.69, 9.17) is 4.74 Å². The third-order valence-electron chi connectivity index (χ3n) is 5.69. The Kier molecular flexibility index (Phi) is 8.23. The Morgan fingerprint density at radius 1 is 1.16 bits per heavy atom. The van der Waals surface area contributed by atoms with Crippen molar-refractivity contribution in [2.45, 2.75) is 56.6 Å². The fourth-order valence-electron chi connectivity index (χ4n) is 3.82. The molecule has 0 bridgehead atoms. The summed E-state index contributed by atoms with van der Waals surface area (Å²) < 4.78 is 33.4. The Balaban J connectivity index is 1.51. The third-order valence-corrected chi connectivity index (χ3v) is 7.70. The molecule has 1 aliphatic heterocycles. The van der Waals surface area contributed by atoms with Crippen LogP contribution in [-0.4, -0.2) is 44.4 Å². The molecule has 1 aliphatic rings. The normalized spacial score (nSPS) is 18.5. The number of ether oxygens (including phenoxy) is 1. The molecule has 31 heavy (non-hydrogen) atoms. The number of piperidine rings is 1. The van der Waals surface area contributed by atoms with Crippen LogP contribution in [0, 0.1) is 0 Å². The Hall–Kier alpha value is -2.22. The van der Waals surface area contributed by atoms with E-state index in [0.717, 1.165) is 24.8 Å². The molecular weight excluding hydrogens is 412 g/mol. The summed E-state index contributed by atoms with van der Waals surface area (Å²) in [4.78, 5) is 12.7. The number of carbonyl (C=O) groups excluding carboxylic acids is 1. The summed E-state index contributed by atoms with van der Waals surface area (Å²) in [6, 6.07) is 16.3. The maximum absolute atomic E-state index is 13.0. The van der Waals surface area contributed by atoms with Crippen molar-refractivity contribution in [1.29, 1.82) is 0 Å². The molecule has 0 spiro atoms. The van der Waals surface area contributed by atoms with Crippen LogP contribution < -0.4 is 5.32 Å². The van der Waals surface area contributed by atoms with Gasteiger partial charge < -0.3 is 10.1 Å². The van der Waals surface area contributed by atoms with E-state index < -0.39 is 10.0 Å². The lowest BCUT2D eigenvalue weighted by atomic mass is 10.1. The van der Waals surface area contributed by atoms with Gasteiger partial charge in [0, 0.05) is 31.3 Å². The first kappa shape index (κ1) is 23.4. The molecule has 2 aromatic carbocycles. The van der Waals surface area contributed by atoms with E-state index >= 15 is 0 Å². The molecular formula is C24H32N2O4S. The summed E-state index contributed by atoms with van der Waals surface area (Å²) in [7, 11) is -3.60. The highest BCUT2D eigenvalue weighted by atomic mass is 32.2. The van der Waals surface area contributed by atoms with Gasteiger partial charge in [0.2, 0.25) is 10.0 Å². The Morgan fingerprint density at radius 2 is 1.94 bits per heavy atom. The van der Waals surface area contributed by atoms with Crippen LogP contribution in [0.3, 0.4) is 0 Å². The zero-order valence-electron chi connectivity index (χ0n) is 18.3. The quantitative estimate of drug-likeness (QED) is 0.590. The van der Waals surface area contributed by atoms with Gasteiger partial charge in [0.25, 0.3) is 5.91 Å². The lowest BCUT2D eigenvalue weighted by Crippen LogP contribution is -2.42. The van der Waals surface area contributed by atoms with E-state index in [1.165, 1.54) is 6.07 Å². The van der Waals surface area contributed by atoms with Crippen LogP contribution in [0.4, 0.5) is 0 Å². The molecule has 1 heterocycles. The number of amides is 1. The zero-order valence-corrected chi connectivity index (χ0v) is 19.1. The molecule has 2 unspecified atom stereocenters. The van der Waals surface area contributed by atoms with Crippen molar-refractivity contribution in [2.24, 2.45) is 0 Å². The van der Waals surface area contributed by atoms with E-state index in [1.54, 1.807) is 22.5 Å². The number of nitrogens with one attached hydrogen (secondary N) is 1. The van der Waals surface area contributed by atoms with Crippen LogP contribution in [-0.2, 0) is 14.8 Å². The molecule has 168 valence electrons. The Labute approximate surface area is 185 Å². The molecule has 1 saturated heterocycles. The largest absolute Gasteiger partial charge is 0.374 e. The molecule has 7 heteroatoms. The van der Waals surface area contributed by atoms with Gasteiger partial charge in [-0.05, 0) is 56.9 Å². The third kappa shape index (κ3) is 6.15. The van der Waals surface area contributed by atoms with Crippen LogP contribution in [0.25, 0.3) is 0 Å². The number of hydrogen-bond donors (Lipinski definition) is 1. The highest BCUT2D eigenvalue weighted by Crippen LogP contribution is 2.25. The summed E-state index contributed by atoms with van der Waals surface area (Å²) in [5.74, 6) is -0.278. The van der Waals surface area contributed by atoms with Gasteiger partial charge in [-0.3, -0.25) is 4.79 Å². The Bertz CT molecular complexity index is 963. The van der Waals surface area contributed by atoms with Crippen molar-refractivity contribution in [1.82, 2.24) is 9.62 Å². The van der Waals surface area contributed by atoms with Gasteiger partial charge in [-0.15, -0.1) is 0 Å². The van der Waals surface area contributed by atoms with Crippen molar-refractivity contribution in [3.05, 3.63) is 65.7 Å². The summed E-state index contributed by atoms with van der Waals surface area (Å²) in [5.41, 5.74) is 1.47. The smallest absolute Gasteiger partial charge is 0.251 e. The standard InChI is InChI=1S/C24H32N2O4S/c1-19-10-6-7-16-26(19)31(28,29)23-14-8-13-22(18-23)24(27)25-15-9-17-30-20(2)21-11-4-3-5-12-21/h3-5,8,11-14,18-20H,6-7,9-10,15-17H2,1-2H3,(H,25,27). The highest BCUT2D eigenvalue weighted by molar-refractivity contribution is 7.89. The van der Waals surface area contributed by atoms with Crippen molar-refractivity contribution in [2.75, 3.05) is 19.7 Å². The number of sulfonamides is 1. The van der Waals surface area contributed by atoms with Gasteiger partial charge >= 0.3 is 0 Å². The molecule has 2 atom stereocenters. The first-order valence-corrected chi connectivity index (χ1v) is 12.4. The number of hydrogen-bond acceptors (Lipinski definition) is 4. The Morgan fingerprint density at radius 3 is 2.68 bits per heavy atom. The number of carbonyl (C=O) groups is 1. The van der Waals surface area contributed by atoms with E-state index in [-0.39, 0.29) is 22.9 Å². The fourth-order valence-corrected chi connectivity index (χ4v) is 5.56. The molecule has 3 rings (SSSR count). The van der Waals surface area contributed by atoms with Crippen LogP contribution >= 0.6 is 0 Å².